The third kappa shape index (κ3) is 3.55. The number of fused-ring (bicyclic) bond motifs is 1. The van der Waals surface area contributed by atoms with Crippen LogP contribution >= 0.6 is 0 Å². The highest BCUT2D eigenvalue weighted by Crippen LogP contribution is 2.20. The van der Waals surface area contributed by atoms with Crippen molar-refractivity contribution in [3.63, 3.8) is 0 Å². The lowest BCUT2D eigenvalue weighted by Gasteiger charge is -2.08. The van der Waals surface area contributed by atoms with Gasteiger partial charge in [0.15, 0.2) is 0 Å². The zero-order valence-corrected chi connectivity index (χ0v) is 13.5. The summed E-state index contributed by atoms with van der Waals surface area (Å²) >= 11 is 0. The number of nitrogens with one attached hydrogen (secondary N) is 1. The van der Waals surface area contributed by atoms with Gasteiger partial charge in [-0.15, -0.1) is 0 Å². The van der Waals surface area contributed by atoms with Gasteiger partial charge in [-0.25, -0.2) is 4.79 Å². The molecule has 1 aromatic heterocycles. The highest BCUT2D eigenvalue weighted by Gasteiger charge is 2.14. The molecule has 3 aromatic rings. The van der Waals surface area contributed by atoms with E-state index >= 15 is 0 Å². The number of anilines is 2. The van der Waals surface area contributed by atoms with Crippen molar-refractivity contribution in [2.24, 2.45) is 0 Å². The number of amides is 1. The first-order valence-corrected chi connectivity index (χ1v) is 7.51. The molecule has 2 aromatic carbocycles. The number of carbonyl (C=O) groups is 1. The van der Waals surface area contributed by atoms with E-state index in [1.165, 1.54) is 13.2 Å². The first kappa shape index (κ1) is 16.4. The van der Waals surface area contributed by atoms with Crippen molar-refractivity contribution < 1.29 is 13.9 Å². The fourth-order valence-electron chi connectivity index (χ4n) is 2.50. The van der Waals surface area contributed by atoms with Crippen molar-refractivity contribution in [1.82, 2.24) is 5.32 Å². The zero-order chi connectivity index (χ0) is 18.0. The summed E-state index contributed by atoms with van der Waals surface area (Å²) in [7, 11) is 1.52. The molecule has 0 saturated carbocycles. The normalized spacial score (nSPS) is 10.6. The summed E-state index contributed by atoms with van der Waals surface area (Å²) in [6.07, 6.45) is 0. The molecule has 0 atom stereocenters. The Morgan fingerprint density at radius 1 is 1.12 bits per heavy atom. The van der Waals surface area contributed by atoms with E-state index in [2.05, 4.69) is 5.32 Å². The van der Waals surface area contributed by atoms with Crippen molar-refractivity contribution in [2.45, 2.75) is 6.54 Å². The van der Waals surface area contributed by atoms with Crippen LogP contribution in [0.2, 0.25) is 0 Å². The molecule has 0 radical (unpaired) electrons. The zero-order valence-electron chi connectivity index (χ0n) is 13.5. The standard InChI is InChI=1S/C18H17N3O4/c1-24-14-3-2-11-6-15(18(23)25-16(11)8-14)17(22)21-9-10-4-12(19)7-13(20)5-10/h2-8H,9,19-20H2,1H3,(H,21,22). The maximum Gasteiger partial charge on any atom is 0.349 e. The fraction of sp³-hybridized carbons (Fsp3) is 0.111. The van der Waals surface area contributed by atoms with Gasteiger partial charge in [0.2, 0.25) is 0 Å². The van der Waals surface area contributed by atoms with Crippen LogP contribution in [0, 0.1) is 0 Å². The molecular weight excluding hydrogens is 322 g/mol. The highest BCUT2D eigenvalue weighted by atomic mass is 16.5. The molecule has 25 heavy (non-hydrogen) atoms. The molecule has 0 fully saturated rings. The monoisotopic (exact) mass is 339 g/mol. The molecule has 1 heterocycles. The Morgan fingerprint density at radius 3 is 2.52 bits per heavy atom. The molecule has 0 unspecified atom stereocenters. The molecule has 3 rings (SSSR count). The minimum atomic E-state index is -0.717. The Morgan fingerprint density at radius 2 is 1.84 bits per heavy atom. The number of rotatable bonds is 4. The Hall–Kier alpha value is -3.48. The van der Waals surface area contributed by atoms with E-state index in [1.807, 2.05) is 0 Å². The van der Waals surface area contributed by atoms with Gasteiger partial charge in [-0.05, 0) is 42.0 Å². The maximum absolute atomic E-state index is 12.3. The average molecular weight is 339 g/mol. The van der Waals surface area contributed by atoms with E-state index in [0.717, 1.165) is 5.56 Å². The van der Waals surface area contributed by atoms with Crippen LogP contribution in [-0.2, 0) is 6.54 Å². The Balaban J connectivity index is 1.84. The van der Waals surface area contributed by atoms with Gasteiger partial charge in [0.1, 0.15) is 16.9 Å². The number of nitrogen functional groups attached to an aromatic ring is 2. The van der Waals surface area contributed by atoms with Gasteiger partial charge in [0.25, 0.3) is 5.91 Å². The van der Waals surface area contributed by atoms with Crippen LogP contribution in [-0.4, -0.2) is 13.0 Å². The minimum absolute atomic E-state index is 0.0745. The van der Waals surface area contributed by atoms with E-state index < -0.39 is 11.5 Å². The predicted molar refractivity (Wildman–Crippen MR) is 95.5 cm³/mol. The van der Waals surface area contributed by atoms with Crippen LogP contribution in [0.4, 0.5) is 11.4 Å². The number of hydrogen-bond acceptors (Lipinski definition) is 6. The molecule has 5 N–H and O–H groups in total. The fourth-order valence-corrected chi connectivity index (χ4v) is 2.50. The maximum atomic E-state index is 12.3. The Labute approximate surface area is 143 Å². The van der Waals surface area contributed by atoms with E-state index in [-0.39, 0.29) is 12.1 Å². The van der Waals surface area contributed by atoms with Gasteiger partial charge in [-0.3, -0.25) is 4.79 Å². The summed E-state index contributed by atoms with van der Waals surface area (Å²) in [4.78, 5) is 24.4. The average Bonchev–Trinajstić information content (AvgIpc) is 2.57. The lowest BCUT2D eigenvalue weighted by Crippen LogP contribution is -2.27. The van der Waals surface area contributed by atoms with E-state index in [9.17, 15) is 9.59 Å². The van der Waals surface area contributed by atoms with Crippen molar-refractivity contribution in [1.29, 1.82) is 0 Å². The van der Waals surface area contributed by atoms with Gasteiger partial charge in [-0.1, -0.05) is 0 Å². The number of carbonyl (C=O) groups excluding carboxylic acids is 1. The number of hydrogen-bond donors (Lipinski definition) is 3. The molecule has 0 aliphatic carbocycles. The molecule has 128 valence electrons. The predicted octanol–water partition coefficient (Wildman–Crippen LogP) is 1.90. The van der Waals surface area contributed by atoms with Crippen LogP contribution in [0.5, 0.6) is 5.75 Å². The van der Waals surface area contributed by atoms with E-state index in [0.29, 0.717) is 28.1 Å². The molecule has 0 aliphatic heterocycles. The molecule has 0 saturated heterocycles. The number of nitrogens with two attached hydrogens (primary N) is 2. The van der Waals surface area contributed by atoms with Crippen LogP contribution in [0.1, 0.15) is 15.9 Å². The summed E-state index contributed by atoms with van der Waals surface area (Å²) in [5.74, 6) is 0.0274. The first-order chi connectivity index (χ1) is 12.0. The molecule has 1 amide bonds. The summed E-state index contributed by atoms with van der Waals surface area (Å²) in [6.45, 7) is 0.189. The van der Waals surface area contributed by atoms with Gasteiger partial charge in [0.05, 0.1) is 7.11 Å². The molecule has 7 heteroatoms. The van der Waals surface area contributed by atoms with Crippen molar-refractivity contribution in [3.8, 4) is 5.75 Å². The third-order valence-electron chi connectivity index (χ3n) is 3.68. The first-order valence-electron chi connectivity index (χ1n) is 7.51. The van der Waals surface area contributed by atoms with Gasteiger partial charge >= 0.3 is 5.63 Å². The van der Waals surface area contributed by atoms with Crippen molar-refractivity contribution in [2.75, 3.05) is 18.6 Å². The van der Waals surface area contributed by atoms with Crippen LogP contribution < -0.4 is 27.1 Å². The Bertz CT molecular complexity index is 991. The van der Waals surface area contributed by atoms with Crippen LogP contribution in [0.25, 0.3) is 11.0 Å². The molecule has 7 nitrogen and oxygen atoms in total. The number of ether oxygens (including phenoxy) is 1. The number of benzene rings is 2. The van der Waals surface area contributed by atoms with Crippen LogP contribution in [0.3, 0.4) is 0 Å². The second-order valence-corrected chi connectivity index (χ2v) is 5.54. The quantitative estimate of drug-likeness (QED) is 0.493. The second kappa shape index (κ2) is 6.56. The SMILES string of the molecule is COc1ccc2cc(C(=O)NCc3cc(N)cc(N)c3)c(=O)oc2c1. The molecule has 0 bridgehead atoms. The van der Waals surface area contributed by atoms with Crippen molar-refractivity contribution >= 4 is 28.3 Å². The van der Waals surface area contributed by atoms with Crippen LogP contribution in [0.15, 0.2) is 51.7 Å². The lowest BCUT2D eigenvalue weighted by molar-refractivity contribution is 0.0947. The largest absolute Gasteiger partial charge is 0.497 e. The van der Waals surface area contributed by atoms with Crippen molar-refractivity contribution in [3.05, 3.63) is 64.0 Å². The van der Waals surface area contributed by atoms with Gasteiger partial charge in [-0.2, -0.15) is 0 Å². The van der Waals surface area contributed by atoms with E-state index in [1.54, 1.807) is 36.4 Å². The topological polar surface area (TPSA) is 121 Å². The second-order valence-electron chi connectivity index (χ2n) is 5.54. The lowest BCUT2D eigenvalue weighted by atomic mass is 10.1. The smallest absolute Gasteiger partial charge is 0.349 e. The van der Waals surface area contributed by atoms with Gasteiger partial charge < -0.3 is 25.9 Å². The summed E-state index contributed by atoms with van der Waals surface area (Å²) in [5, 5.41) is 3.29. The molecule has 0 aliphatic rings. The third-order valence-corrected chi connectivity index (χ3v) is 3.68. The van der Waals surface area contributed by atoms with E-state index in [4.69, 9.17) is 20.6 Å². The molecular formula is C18H17N3O4. The summed E-state index contributed by atoms with van der Waals surface area (Å²) in [6, 6.07) is 11.5. The highest BCUT2D eigenvalue weighted by molar-refractivity contribution is 5.96. The summed E-state index contributed by atoms with van der Waals surface area (Å²) < 4.78 is 10.3. The Kier molecular flexibility index (Phi) is 4.30. The summed E-state index contributed by atoms with van der Waals surface area (Å²) in [5.41, 5.74) is 12.7. The minimum Gasteiger partial charge on any atom is -0.497 e. The number of methoxy groups -OCH3 is 1. The molecule has 0 spiro atoms. The van der Waals surface area contributed by atoms with Gasteiger partial charge in [0, 0.05) is 29.4 Å².